The normalized spacial score (nSPS) is 12.7. The predicted octanol–water partition coefficient (Wildman–Crippen LogP) is -0.525. The van der Waals surface area contributed by atoms with Crippen LogP contribution in [-0.4, -0.2) is 133 Å². The van der Waals surface area contributed by atoms with E-state index in [2.05, 4.69) is 0 Å². The Bertz CT molecular complexity index is 342. The van der Waals surface area contributed by atoms with Gasteiger partial charge in [0.2, 0.25) is 0 Å². The molecule has 11 nitrogen and oxygen atoms in total. The molecule has 0 aliphatic rings. The molecule has 0 saturated carbocycles. The molecule has 0 heterocycles. The first-order chi connectivity index (χ1) is 14.7. The predicted molar refractivity (Wildman–Crippen MR) is 109 cm³/mol. The fourth-order valence-electron chi connectivity index (χ4n) is 1.96. The van der Waals surface area contributed by atoms with Gasteiger partial charge in [-0.3, -0.25) is 4.21 Å². The average Bonchev–Trinajstić information content (AvgIpc) is 2.74. The summed E-state index contributed by atoms with van der Waals surface area (Å²) >= 11 is -2.33. The molecule has 1 atom stereocenters. The van der Waals surface area contributed by atoms with Crippen LogP contribution in [0.4, 0.5) is 0 Å². The van der Waals surface area contributed by atoms with Crippen molar-refractivity contribution in [2.24, 2.45) is 0 Å². The van der Waals surface area contributed by atoms with Gasteiger partial charge in [-0.05, 0) is 0 Å². The van der Waals surface area contributed by atoms with E-state index in [1.807, 2.05) is 0 Å². The summed E-state index contributed by atoms with van der Waals surface area (Å²) < 4.78 is 65.4. The van der Waals surface area contributed by atoms with Gasteiger partial charge in [0.1, 0.15) is 0 Å². The topological polar surface area (TPSA) is 117 Å². The summed E-state index contributed by atoms with van der Waals surface area (Å²) in [4.78, 5) is 0. The van der Waals surface area contributed by atoms with E-state index in [4.69, 9.17) is 37.9 Å². The molecule has 12 heteroatoms. The van der Waals surface area contributed by atoms with Gasteiger partial charge < -0.3 is 42.4 Å². The molecule has 0 aromatic heterocycles. The van der Waals surface area contributed by atoms with Crippen molar-refractivity contribution in [1.82, 2.24) is 4.31 Å². The molecule has 182 valence electrons. The Morgan fingerprint density at radius 3 is 1.07 bits per heavy atom. The molecule has 0 aromatic carbocycles. The molecule has 1 unspecified atom stereocenters. The van der Waals surface area contributed by atoms with Gasteiger partial charge in [0.05, 0.1) is 92.5 Å². The summed E-state index contributed by atoms with van der Waals surface area (Å²) in [7, 11) is 3.24. The van der Waals surface area contributed by atoms with Crippen LogP contribution in [0.2, 0.25) is 0 Å². The average molecular weight is 461 g/mol. The molecule has 0 bridgehead atoms. The molecule has 0 aliphatic carbocycles. The zero-order valence-corrected chi connectivity index (χ0v) is 19.1. The van der Waals surface area contributed by atoms with Crippen molar-refractivity contribution < 1.29 is 46.7 Å². The standard InChI is InChI=1S/C18H39NO10S/c1-22-7-9-26-15-17-28-13-11-24-5-3-19(30(20)21)4-6-25-12-14-29-18-16-27-10-8-23-2/h3-18H2,1-2H3,(H,20,21)/p-1. The minimum absolute atomic E-state index is 0.259. The molecular weight excluding hydrogens is 422 g/mol. The van der Waals surface area contributed by atoms with Gasteiger partial charge in [-0.15, -0.1) is 0 Å². The zero-order valence-electron chi connectivity index (χ0n) is 18.3. The van der Waals surface area contributed by atoms with Crippen LogP contribution in [0.15, 0.2) is 0 Å². The summed E-state index contributed by atoms with van der Waals surface area (Å²) in [6.45, 7) is 6.88. The van der Waals surface area contributed by atoms with E-state index in [1.54, 1.807) is 14.2 Å². The maximum atomic E-state index is 11.2. The number of methoxy groups -OCH3 is 2. The van der Waals surface area contributed by atoms with Crippen LogP contribution in [0.25, 0.3) is 0 Å². The van der Waals surface area contributed by atoms with E-state index in [1.165, 1.54) is 4.31 Å². The molecule has 30 heavy (non-hydrogen) atoms. The van der Waals surface area contributed by atoms with Crippen LogP contribution in [0.3, 0.4) is 0 Å². The van der Waals surface area contributed by atoms with Crippen molar-refractivity contribution in [3.05, 3.63) is 0 Å². The van der Waals surface area contributed by atoms with Crippen molar-refractivity contribution in [2.45, 2.75) is 0 Å². The molecule has 0 rings (SSSR count). The highest BCUT2D eigenvalue weighted by molar-refractivity contribution is 7.76. The lowest BCUT2D eigenvalue weighted by Gasteiger charge is -2.23. The third-order valence-electron chi connectivity index (χ3n) is 3.53. The van der Waals surface area contributed by atoms with Crippen molar-refractivity contribution in [3.8, 4) is 0 Å². The first kappa shape index (κ1) is 29.8. The molecule has 0 aromatic rings. The Morgan fingerprint density at radius 2 is 0.800 bits per heavy atom. The van der Waals surface area contributed by atoms with Gasteiger partial charge in [-0.1, -0.05) is 0 Å². The van der Waals surface area contributed by atoms with Gasteiger partial charge >= 0.3 is 0 Å². The second kappa shape index (κ2) is 25.0. The van der Waals surface area contributed by atoms with Gasteiger partial charge in [0.25, 0.3) is 0 Å². The largest absolute Gasteiger partial charge is 0.760 e. The van der Waals surface area contributed by atoms with Crippen LogP contribution in [0, 0.1) is 0 Å². The monoisotopic (exact) mass is 460 g/mol. The fraction of sp³-hybridized carbons (Fsp3) is 1.00. The first-order valence-corrected chi connectivity index (χ1v) is 11.0. The molecule has 0 saturated heterocycles. The highest BCUT2D eigenvalue weighted by Crippen LogP contribution is 1.94. The van der Waals surface area contributed by atoms with E-state index >= 15 is 0 Å². The molecule has 0 N–H and O–H groups in total. The molecule has 0 aliphatic heterocycles. The van der Waals surface area contributed by atoms with E-state index in [9.17, 15) is 8.76 Å². The van der Waals surface area contributed by atoms with E-state index in [-0.39, 0.29) is 26.3 Å². The quantitative estimate of drug-likeness (QED) is 0.130. The van der Waals surface area contributed by atoms with Gasteiger partial charge in [0, 0.05) is 38.6 Å². The minimum Gasteiger partial charge on any atom is -0.760 e. The summed E-state index contributed by atoms with van der Waals surface area (Å²) in [5, 5.41) is 0. The minimum atomic E-state index is -2.33. The summed E-state index contributed by atoms with van der Waals surface area (Å²) in [6.07, 6.45) is 0. The number of hydrogen-bond acceptors (Lipinski definition) is 10. The van der Waals surface area contributed by atoms with E-state index in [0.717, 1.165) is 0 Å². The number of nitrogens with zero attached hydrogens (tertiary/aromatic N) is 1. The van der Waals surface area contributed by atoms with Crippen molar-refractivity contribution in [1.29, 1.82) is 0 Å². The maximum Gasteiger partial charge on any atom is 0.0701 e. The zero-order chi connectivity index (χ0) is 22.1. The smallest absolute Gasteiger partial charge is 0.0701 e. The van der Waals surface area contributed by atoms with Crippen molar-refractivity contribution in [3.63, 3.8) is 0 Å². The van der Waals surface area contributed by atoms with Crippen LogP contribution in [0.5, 0.6) is 0 Å². The van der Waals surface area contributed by atoms with Crippen LogP contribution < -0.4 is 0 Å². The summed E-state index contributed by atoms with van der Waals surface area (Å²) in [5.41, 5.74) is 0. The molecule has 0 fully saturated rings. The summed E-state index contributed by atoms with van der Waals surface area (Å²) in [6, 6.07) is 0. The van der Waals surface area contributed by atoms with Gasteiger partial charge in [-0.25, -0.2) is 4.31 Å². The van der Waals surface area contributed by atoms with E-state index < -0.39 is 11.3 Å². The number of rotatable bonds is 25. The number of ether oxygens (including phenoxy) is 8. The summed E-state index contributed by atoms with van der Waals surface area (Å²) in [5.74, 6) is 0. The lowest BCUT2D eigenvalue weighted by Crippen LogP contribution is -2.33. The van der Waals surface area contributed by atoms with E-state index in [0.29, 0.717) is 79.3 Å². The second-order valence-corrected chi connectivity index (χ2v) is 6.76. The Labute approximate surface area is 182 Å². The molecular formula is C18H38NO10S-. The van der Waals surface area contributed by atoms with Gasteiger partial charge in [-0.2, -0.15) is 0 Å². The highest BCUT2D eigenvalue weighted by Gasteiger charge is 2.05. The Hall–Kier alpha value is -0.250. The number of hydrogen-bond donors (Lipinski definition) is 0. The van der Waals surface area contributed by atoms with Crippen LogP contribution >= 0.6 is 0 Å². The van der Waals surface area contributed by atoms with Crippen molar-refractivity contribution in [2.75, 3.05) is 120 Å². The van der Waals surface area contributed by atoms with Gasteiger partial charge in [0.15, 0.2) is 0 Å². The fourth-order valence-corrected chi connectivity index (χ4v) is 2.41. The molecule has 0 radical (unpaired) electrons. The highest BCUT2D eigenvalue weighted by atomic mass is 32.2. The second-order valence-electron chi connectivity index (χ2n) is 5.81. The lowest BCUT2D eigenvalue weighted by atomic mass is 10.6. The third kappa shape index (κ3) is 22.4. The van der Waals surface area contributed by atoms with Crippen molar-refractivity contribution >= 4 is 11.3 Å². The first-order valence-electron chi connectivity index (χ1n) is 10.0. The Morgan fingerprint density at radius 1 is 0.533 bits per heavy atom. The Balaban J connectivity index is 3.43. The molecule has 0 amide bonds. The lowest BCUT2D eigenvalue weighted by molar-refractivity contribution is -0.000893. The Kier molecular flexibility index (Phi) is 24.8. The van der Waals surface area contributed by atoms with Crippen LogP contribution in [0.1, 0.15) is 0 Å². The molecule has 0 spiro atoms. The van der Waals surface area contributed by atoms with Crippen LogP contribution in [-0.2, 0) is 49.2 Å². The SMILES string of the molecule is COCCOCCOCCOCCN(CCOCCOCCOCCOC)S(=O)[O-]. The third-order valence-corrected chi connectivity index (χ3v) is 4.32. The maximum absolute atomic E-state index is 11.2.